The summed E-state index contributed by atoms with van der Waals surface area (Å²) in [7, 11) is 0. The molecule has 104 valence electrons. The van der Waals surface area contributed by atoms with Crippen LogP contribution in [0.1, 0.15) is 10.4 Å². The predicted molar refractivity (Wildman–Crippen MR) is 72.5 cm³/mol. The van der Waals surface area contributed by atoms with Gasteiger partial charge in [0.1, 0.15) is 11.6 Å². The van der Waals surface area contributed by atoms with Gasteiger partial charge in [-0.2, -0.15) is 0 Å². The van der Waals surface area contributed by atoms with Crippen LogP contribution in [0, 0.1) is 11.6 Å². The van der Waals surface area contributed by atoms with Crippen molar-refractivity contribution >= 4 is 34.6 Å². The molecule has 0 atom stereocenters. The lowest BCUT2D eigenvalue weighted by molar-refractivity contribution is 0.0692. The molecule has 0 aliphatic carbocycles. The van der Waals surface area contributed by atoms with E-state index in [-0.39, 0.29) is 22.1 Å². The summed E-state index contributed by atoms with van der Waals surface area (Å²) in [6, 6.07) is 5.87. The first-order valence-electron chi connectivity index (χ1n) is 5.43. The standard InChI is InChI=1S/C13H9ClF2N2O2/c14-7-2-1-3-8(15)12(7)18-11-5-9(16)6(13(19)20)4-10(11)17/h1-5,18H,17H2,(H,19,20). The van der Waals surface area contributed by atoms with Gasteiger partial charge in [0.25, 0.3) is 0 Å². The molecule has 0 saturated heterocycles. The lowest BCUT2D eigenvalue weighted by Crippen LogP contribution is -2.05. The van der Waals surface area contributed by atoms with Gasteiger partial charge in [-0.15, -0.1) is 0 Å². The first kappa shape index (κ1) is 14.1. The van der Waals surface area contributed by atoms with Crippen LogP contribution in [-0.4, -0.2) is 11.1 Å². The molecule has 0 saturated carbocycles. The second-order valence-corrected chi connectivity index (χ2v) is 4.35. The third-order valence-corrected chi connectivity index (χ3v) is 2.91. The van der Waals surface area contributed by atoms with E-state index < -0.39 is 23.2 Å². The van der Waals surface area contributed by atoms with Gasteiger partial charge in [-0.05, 0) is 18.2 Å². The Kier molecular flexibility index (Phi) is 3.76. The molecule has 2 rings (SSSR count). The van der Waals surface area contributed by atoms with E-state index >= 15 is 0 Å². The molecule has 0 unspecified atom stereocenters. The molecule has 4 N–H and O–H groups in total. The first-order valence-corrected chi connectivity index (χ1v) is 5.81. The van der Waals surface area contributed by atoms with E-state index in [4.69, 9.17) is 22.4 Å². The van der Waals surface area contributed by atoms with Gasteiger partial charge in [-0.25, -0.2) is 13.6 Å². The molecule has 2 aromatic carbocycles. The van der Waals surface area contributed by atoms with Crippen molar-refractivity contribution in [1.82, 2.24) is 0 Å². The summed E-state index contributed by atoms with van der Waals surface area (Å²) in [6.45, 7) is 0. The van der Waals surface area contributed by atoms with Gasteiger partial charge < -0.3 is 16.2 Å². The number of benzene rings is 2. The van der Waals surface area contributed by atoms with Crippen LogP contribution >= 0.6 is 11.6 Å². The normalized spacial score (nSPS) is 10.3. The molecule has 0 aromatic heterocycles. The van der Waals surface area contributed by atoms with Crippen molar-refractivity contribution in [3.63, 3.8) is 0 Å². The van der Waals surface area contributed by atoms with Gasteiger partial charge >= 0.3 is 5.97 Å². The summed E-state index contributed by atoms with van der Waals surface area (Å²) < 4.78 is 27.2. The molecule has 2 aromatic rings. The number of nitrogen functional groups attached to an aromatic ring is 1. The quantitative estimate of drug-likeness (QED) is 0.756. The Bertz CT molecular complexity index is 672. The highest BCUT2D eigenvalue weighted by atomic mass is 35.5. The van der Waals surface area contributed by atoms with Crippen LogP contribution in [0.15, 0.2) is 30.3 Å². The third kappa shape index (κ3) is 2.65. The summed E-state index contributed by atoms with van der Waals surface area (Å²) in [5.74, 6) is -3.06. The second kappa shape index (κ2) is 5.34. The summed E-state index contributed by atoms with van der Waals surface area (Å²) in [5.41, 5.74) is 4.98. The Morgan fingerprint density at radius 3 is 2.55 bits per heavy atom. The lowest BCUT2D eigenvalue weighted by Gasteiger charge is -2.12. The lowest BCUT2D eigenvalue weighted by atomic mass is 10.1. The number of aromatic carboxylic acids is 1. The smallest absolute Gasteiger partial charge is 0.338 e. The fraction of sp³-hybridized carbons (Fsp3) is 0. The Hall–Kier alpha value is -2.34. The fourth-order valence-electron chi connectivity index (χ4n) is 1.61. The van der Waals surface area contributed by atoms with Crippen LogP contribution in [0.5, 0.6) is 0 Å². The highest BCUT2D eigenvalue weighted by Crippen LogP contribution is 2.31. The van der Waals surface area contributed by atoms with Crippen molar-refractivity contribution < 1.29 is 18.7 Å². The molecule has 0 aliphatic heterocycles. The number of halogens is 3. The minimum atomic E-state index is -1.44. The topological polar surface area (TPSA) is 75.4 Å². The van der Waals surface area contributed by atoms with Gasteiger partial charge in [0, 0.05) is 6.07 Å². The van der Waals surface area contributed by atoms with Crippen molar-refractivity contribution in [3.8, 4) is 0 Å². The van der Waals surface area contributed by atoms with Gasteiger partial charge in [-0.3, -0.25) is 0 Å². The van der Waals surface area contributed by atoms with E-state index in [0.717, 1.165) is 12.1 Å². The molecule has 0 fully saturated rings. The highest BCUT2D eigenvalue weighted by molar-refractivity contribution is 6.33. The molecule has 7 heteroatoms. The molecular weight excluding hydrogens is 290 g/mol. The van der Waals surface area contributed by atoms with E-state index in [2.05, 4.69) is 5.32 Å². The SMILES string of the molecule is Nc1cc(C(=O)O)c(F)cc1Nc1c(F)cccc1Cl. The average Bonchev–Trinajstić information content (AvgIpc) is 2.37. The molecule has 0 heterocycles. The summed E-state index contributed by atoms with van der Waals surface area (Å²) in [6.07, 6.45) is 0. The van der Waals surface area contributed by atoms with Gasteiger partial charge in [-0.1, -0.05) is 17.7 Å². The summed E-state index contributed by atoms with van der Waals surface area (Å²) in [4.78, 5) is 10.8. The molecule has 20 heavy (non-hydrogen) atoms. The predicted octanol–water partition coefficient (Wildman–Crippen LogP) is 3.64. The Morgan fingerprint density at radius 1 is 1.25 bits per heavy atom. The maximum Gasteiger partial charge on any atom is 0.338 e. The average molecular weight is 299 g/mol. The molecule has 0 spiro atoms. The number of nitrogens with one attached hydrogen (secondary N) is 1. The van der Waals surface area contributed by atoms with E-state index in [1.165, 1.54) is 18.2 Å². The maximum absolute atomic E-state index is 13.6. The maximum atomic E-state index is 13.6. The van der Waals surface area contributed by atoms with Crippen LogP contribution in [0.4, 0.5) is 25.8 Å². The van der Waals surface area contributed by atoms with Crippen molar-refractivity contribution in [3.05, 3.63) is 52.6 Å². The Labute approximate surface area is 117 Å². The molecule has 4 nitrogen and oxygen atoms in total. The van der Waals surface area contributed by atoms with E-state index in [1.54, 1.807) is 0 Å². The van der Waals surface area contributed by atoms with E-state index in [9.17, 15) is 13.6 Å². The molecule has 0 radical (unpaired) electrons. The molecule has 0 amide bonds. The molecule has 0 aliphatic rings. The number of para-hydroxylation sites is 1. The van der Waals surface area contributed by atoms with E-state index in [0.29, 0.717) is 0 Å². The first-order chi connectivity index (χ1) is 9.40. The monoisotopic (exact) mass is 298 g/mol. The summed E-state index contributed by atoms with van der Waals surface area (Å²) in [5, 5.41) is 11.4. The van der Waals surface area contributed by atoms with Gasteiger partial charge in [0.05, 0.1) is 27.6 Å². The number of rotatable bonds is 3. The minimum Gasteiger partial charge on any atom is -0.478 e. The third-order valence-electron chi connectivity index (χ3n) is 2.59. The highest BCUT2D eigenvalue weighted by Gasteiger charge is 2.15. The number of carboxylic acids is 1. The van der Waals surface area contributed by atoms with Crippen LogP contribution in [0.2, 0.25) is 5.02 Å². The van der Waals surface area contributed by atoms with Crippen LogP contribution in [-0.2, 0) is 0 Å². The van der Waals surface area contributed by atoms with Crippen molar-refractivity contribution in [2.24, 2.45) is 0 Å². The zero-order valence-electron chi connectivity index (χ0n) is 9.95. The number of carboxylic acid groups (broad SMARTS) is 1. The Morgan fingerprint density at radius 2 is 1.95 bits per heavy atom. The van der Waals surface area contributed by atoms with Crippen molar-refractivity contribution in [2.75, 3.05) is 11.1 Å². The number of hydrogen-bond donors (Lipinski definition) is 3. The van der Waals surface area contributed by atoms with Crippen LogP contribution in [0.25, 0.3) is 0 Å². The number of anilines is 3. The van der Waals surface area contributed by atoms with Gasteiger partial charge in [0.2, 0.25) is 0 Å². The van der Waals surface area contributed by atoms with Crippen molar-refractivity contribution in [2.45, 2.75) is 0 Å². The Balaban J connectivity index is 2.45. The van der Waals surface area contributed by atoms with E-state index in [1.807, 2.05) is 0 Å². The number of nitrogens with two attached hydrogens (primary N) is 1. The van der Waals surface area contributed by atoms with Crippen LogP contribution in [0.3, 0.4) is 0 Å². The summed E-state index contributed by atoms with van der Waals surface area (Å²) >= 11 is 5.82. The van der Waals surface area contributed by atoms with Crippen LogP contribution < -0.4 is 11.1 Å². The largest absolute Gasteiger partial charge is 0.478 e. The second-order valence-electron chi connectivity index (χ2n) is 3.95. The zero-order chi connectivity index (χ0) is 14.9. The minimum absolute atomic E-state index is 0.0273. The molecular formula is C13H9ClF2N2O2. The number of carbonyl (C=O) groups is 1. The number of hydrogen-bond acceptors (Lipinski definition) is 3. The van der Waals surface area contributed by atoms with Gasteiger partial charge in [0.15, 0.2) is 0 Å². The fourth-order valence-corrected chi connectivity index (χ4v) is 1.82. The molecule has 0 bridgehead atoms. The zero-order valence-corrected chi connectivity index (χ0v) is 10.7. The van der Waals surface area contributed by atoms with Crippen molar-refractivity contribution in [1.29, 1.82) is 0 Å².